The van der Waals surface area contributed by atoms with Crippen LogP contribution >= 0.6 is 0 Å². The number of unbranched alkanes of at least 4 members (excludes halogenated alkanes) is 1. The molecule has 0 bridgehead atoms. The molecule has 2 fully saturated rings. The molecule has 1 saturated heterocycles. The van der Waals surface area contributed by atoms with E-state index in [-0.39, 0.29) is 11.8 Å². The van der Waals surface area contributed by atoms with Crippen LogP contribution in [0.15, 0.2) is 30.3 Å². The van der Waals surface area contributed by atoms with E-state index < -0.39 is 5.41 Å². The third-order valence-corrected chi connectivity index (χ3v) is 5.22. The van der Waals surface area contributed by atoms with Crippen LogP contribution < -0.4 is 0 Å². The number of rotatable bonds is 5. The molecule has 0 radical (unpaired) electrons. The van der Waals surface area contributed by atoms with Gasteiger partial charge in [-0.05, 0) is 24.8 Å². The highest BCUT2D eigenvalue weighted by molar-refractivity contribution is 5.94. The Hall–Kier alpha value is -1.84. The minimum Gasteiger partial charge on any atom is -0.273 e. The van der Waals surface area contributed by atoms with Crippen molar-refractivity contribution in [3.8, 4) is 0 Å². The van der Waals surface area contributed by atoms with Gasteiger partial charge in [-0.25, -0.2) is 5.01 Å². The second-order valence-electron chi connectivity index (χ2n) is 6.88. The Balaban J connectivity index is 1.84. The molecule has 3 rings (SSSR count). The summed E-state index contributed by atoms with van der Waals surface area (Å²) in [6.07, 6.45) is 6.23. The van der Waals surface area contributed by atoms with E-state index in [4.69, 9.17) is 0 Å². The summed E-state index contributed by atoms with van der Waals surface area (Å²) in [4.78, 5) is 25.9. The first-order valence-corrected chi connectivity index (χ1v) is 8.82. The second-order valence-corrected chi connectivity index (χ2v) is 6.88. The predicted molar refractivity (Wildman–Crippen MR) is 89.1 cm³/mol. The molecule has 4 heteroatoms. The fourth-order valence-corrected chi connectivity index (χ4v) is 3.88. The Morgan fingerprint density at radius 1 is 1.04 bits per heavy atom. The third kappa shape index (κ3) is 3.12. The quantitative estimate of drug-likeness (QED) is 0.834. The van der Waals surface area contributed by atoms with Gasteiger partial charge in [-0.3, -0.25) is 14.6 Å². The maximum Gasteiger partial charge on any atom is 0.247 e. The van der Waals surface area contributed by atoms with Gasteiger partial charge in [0.2, 0.25) is 11.8 Å². The average Bonchev–Trinajstić information content (AvgIpc) is 3.03. The van der Waals surface area contributed by atoms with E-state index in [9.17, 15) is 9.59 Å². The fraction of sp³-hybridized carbons (Fsp3) is 0.579. The minimum absolute atomic E-state index is 0.103. The molecule has 2 aliphatic rings. The van der Waals surface area contributed by atoms with Crippen LogP contribution in [0.1, 0.15) is 57.4 Å². The van der Waals surface area contributed by atoms with E-state index in [0.717, 1.165) is 44.1 Å². The van der Waals surface area contributed by atoms with Crippen molar-refractivity contribution in [2.24, 2.45) is 5.41 Å². The SMILES string of the molecule is CCCCN1C(=O)C2(CCCC2)CC(=O)N1Cc1ccccc1. The van der Waals surface area contributed by atoms with E-state index in [1.54, 1.807) is 10.0 Å². The van der Waals surface area contributed by atoms with Crippen LogP contribution in [-0.2, 0) is 16.1 Å². The number of carbonyl (C=O) groups is 2. The Morgan fingerprint density at radius 2 is 1.74 bits per heavy atom. The van der Waals surface area contributed by atoms with Gasteiger partial charge in [0.25, 0.3) is 0 Å². The first kappa shape index (κ1) is 16.0. The van der Waals surface area contributed by atoms with Gasteiger partial charge in [-0.1, -0.05) is 56.5 Å². The zero-order valence-electron chi connectivity index (χ0n) is 14.0. The molecule has 124 valence electrons. The summed E-state index contributed by atoms with van der Waals surface area (Å²) in [6.45, 7) is 3.25. The average molecular weight is 314 g/mol. The molecule has 1 saturated carbocycles. The van der Waals surface area contributed by atoms with Gasteiger partial charge >= 0.3 is 0 Å². The first-order valence-electron chi connectivity index (χ1n) is 8.82. The number of hydrazine groups is 1. The lowest BCUT2D eigenvalue weighted by atomic mass is 9.79. The maximum atomic E-state index is 13.1. The Labute approximate surface area is 138 Å². The number of benzene rings is 1. The molecule has 0 N–H and O–H groups in total. The normalized spacial score (nSPS) is 20.6. The molecule has 1 aliphatic carbocycles. The molecule has 1 heterocycles. The van der Waals surface area contributed by atoms with Crippen molar-refractivity contribution in [2.75, 3.05) is 6.54 Å². The summed E-state index contributed by atoms with van der Waals surface area (Å²) in [6, 6.07) is 9.93. The predicted octanol–water partition coefficient (Wildman–Crippen LogP) is 3.52. The smallest absolute Gasteiger partial charge is 0.247 e. The van der Waals surface area contributed by atoms with Crippen molar-refractivity contribution in [1.82, 2.24) is 10.0 Å². The topological polar surface area (TPSA) is 40.6 Å². The Morgan fingerprint density at radius 3 is 2.39 bits per heavy atom. The molecule has 0 aromatic heterocycles. The molecule has 23 heavy (non-hydrogen) atoms. The van der Waals surface area contributed by atoms with Crippen LogP contribution in [0.5, 0.6) is 0 Å². The van der Waals surface area contributed by atoms with Crippen molar-refractivity contribution < 1.29 is 9.59 Å². The van der Waals surface area contributed by atoms with E-state index in [1.807, 2.05) is 30.3 Å². The summed E-state index contributed by atoms with van der Waals surface area (Å²) in [7, 11) is 0. The molecule has 1 aromatic rings. The minimum atomic E-state index is -0.405. The number of amides is 2. The largest absolute Gasteiger partial charge is 0.273 e. The summed E-state index contributed by atoms with van der Waals surface area (Å²) >= 11 is 0. The summed E-state index contributed by atoms with van der Waals surface area (Å²) in [5.74, 6) is 0.283. The molecule has 2 amide bonds. The van der Waals surface area contributed by atoms with Crippen LogP contribution in [0.3, 0.4) is 0 Å². The van der Waals surface area contributed by atoms with Gasteiger partial charge < -0.3 is 0 Å². The van der Waals surface area contributed by atoms with Gasteiger partial charge in [0.1, 0.15) is 0 Å². The number of nitrogens with zero attached hydrogens (tertiary/aromatic N) is 2. The second kappa shape index (κ2) is 6.73. The summed E-state index contributed by atoms with van der Waals surface area (Å²) < 4.78 is 0. The van der Waals surface area contributed by atoms with Crippen molar-refractivity contribution in [1.29, 1.82) is 0 Å². The van der Waals surface area contributed by atoms with Gasteiger partial charge in [-0.15, -0.1) is 0 Å². The monoisotopic (exact) mass is 314 g/mol. The van der Waals surface area contributed by atoms with Crippen molar-refractivity contribution in [2.45, 2.75) is 58.4 Å². The van der Waals surface area contributed by atoms with Crippen molar-refractivity contribution in [3.63, 3.8) is 0 Å². The van der Waals surface area contributed by atoms with Gasteiger partial charge in [0.15, 0.2) is 0 Å². The lowest BCUT2D eigenvalue weighted by Crippen LogP contribution is -2.60. The van der Waals surface area contributed by atoms with Crippen LogP contribution in [0.4, 0.5) is 0 Å². The molecule has 1 spiro atoms. The molecular formula is C19H26N2O2. The standard InChI is InChI=1S/C19H26N2O2/c1-2-3-13-20-18(23)19(11-7-8-12-19)14-17(22)21(20)15-16-9-5-4-6-10-16/h4-6,9-10H,2-3,7-8,11-15H2,1H3. The summed E-state index contributed by atoms with van der Waals surface area (Å²) in [5.41, 5.74) is 0.662. The maximum absolute atomic E-state index is 13.1. The van der Waals surface area contributed by atoms with Crippen molar-refractivity contribution in [3.05, 3.63) is 35.9 Å². The summed E-state index contributed by atoms with van der Waals surface area (Å²) in [5, 5.41) is 3.45. The third-order valence-electron chi connectivity index (χ3n) is 5.22. The number of hydrogen-bond acceptors (Lipinski definition) is 2. The van der Waals surface area contributed by atoms with Crippen LogP contribution in [-0.4, -0.2) is 28.4 Å². The van der Waals surface area contributed by atoms with Gasteiger partial charge in [-0.2, -0.15) is 0 Å². The number of carbonyl (C=O) groups excluding carboxylic acids is 2. The van der Waals surface area contributed by atoms with E-state index in [1.165, 1.54) is 0 Å². The lowest BCUT2D eigenvalue weighted by Gasteiger charge is -2.46. The molecule has 1 aliphatic heterocycles. The molecule has 1 aromatic carbocycles. The van der Waals surface area contributed by atoms with E-state index in [2.05, 4.69) is 6.92 Å². The molecule has 0 unspecified atom stereocenters. The Bertz CT molecular complexity index is 564. The zero-order chi connectivity index (χ0) is 16.3. The van der Waals surface area contributed by atoms with Crippen molar-refractivity contribution >= 4 is 11.8 Å². The highest BCUT2D eigenvalue weighted by Crippen LogP contribution is 2.46. The van der Waals surface area contributed by atoms with Gasteiger partial charge in [0, 0.05) is 13.0 Å². The Kier molecular flexibility index (Phi) is 4.69. The van der Waals surface area contributed by atoms with E-state index in [0.29, 0.717) is 19.5 Å². The van der Waals surface area contributed by atoms with Crippen LogP contribution in [0.2, 0.25) is 0 Å². The van der Waals surface area contributed by atoms with Crippen LogP contribution in [0.25, 0.3) is 0 Å². The fourth-order valence-electron chi connectivity index (χ4n) is 3.88. The molecule has 0 atom stereocenters. The first-order chi connectivity index (χ1) is 11.2. The zero-order valence-corrected chi connectivity index (χ0v) is 14.0. The highest BCUT2D eigenvalue weighted by Gasteiger charge is 2.51. The molecule has 4 nitrogen and oxygen atoms in total. The lowest BCUT2D eigenvalue weighted by molar-refractivity contribution is -0.185. The highest BCUT2D eigenvalue weighted by atomic mass is 16.2. The van der Waals surface area contributed by atoms with E-state index >= 15 is 0 Å². The van der Waals surface area contributed by atoms with Gasteiger partial charge in [0.05, 0.1) is 12.0 Å². The molecular weight excluding hydrogens is 288 g/mol. The number of hydrogen-bond donors (Lipinski definition) is 0. The van der Waals surface area contributed by atoms with Crippen LogP contribution in [0, 0.1) is 5.41 Å².